The van der Waals surface area contributed by atoms with E-state index in [0.717, 1.165) is 6.07 Å². The van der Waals surface area contributed by atoms with E-state index < -0.39 is 40.7 Å². The molecule has 0 bridgehead atoms. The molecule has 128 valence electrons. The maximum absolute atomic E-state index is 13.6. The molecule has 1 fully saturated rings. The van der Waals surface area contributed by atoms with Crippen LogP contribution in [0.3, 0.4) is 0 Å². The number of benzene rings is 1. The Labute approximate surface area is 138 Å². The number of halogens is 4. The molecule has 2 rings (SSSR count). The maximum Gasteiger partial charge on any atom is 0.316 e. The second-order valence-electron chi connectivity index (χ2n) is 5.28. The SMILES string of the molecule is O=C(O)CS(=O)C1CCN(c2ccc(Cl)c(C(F)(F)CF)c2)C1. The fraction of sp³-hybridized carbons (Fsp3) is 0.500. The topological polar surface area (TPSA) is 57.6 Å². The lowest BCUT2D eigenvalue weighted by atomic mass is 10.1. The van der Waals surface area contributed by atoms with E-state index in [-0.39, 0.29) is 10.3 Å². The van der Waals surface area contributed by atoms with Gasteiger partial charge >= 0.3 is 11.9 Å². The van der Waals surface area contributed by atoms with Crippen molar-refractivity contribution in [2.24, 2.45) is 0 Å². The largest absolute Gasteiger partial charge is 0.481 e. The molecule has 1 aromatic rings. The minimum Gasteiger partial charge on any atom is -0.481 e. The van der Waals surface area contributed by atoms with Crippen LogP contribution in [-0.4, -0.2) is 46.1 Å². The van der Waals surface area contributed by atoms with E-state index in [2.05, 4.69) is 0 Å². The van der Waals surface area contributed by atoms with Crippen molar-refractivity contribution in [3.8, 4) is 0 Å². The standard InChI is InChI=1S/C14H15ClF3NO3S/c15-12-2-1-9(5-11(12)14(17,18)8-16)19-4-3-10(6-19)23(22)7-13(20)21/h1-2,5,10H,3-4,6-8H2,(H,20,21). The molecule has 2 unspecified atom stereocenters. The molecule has 0 saturated carbocycles. The predicted molar refractivity (Wildman–Crippen MR) is 82.6 cm³/mol. The second-order valence-corrected chi connectivity index (χ2v) is 7.40. The van der Waals surface area contributed by atoms with Crippen molar-refractivity contribution in [1.82, 2.24) is 0 Å². The van der Waals surface area contributed by atoms with Crippen LogP contribution >= 0.6 is 11.6 Å². The monoisotopic (exact) mass is 369 g/mol. The normalized spacial score (nSPS) is 19.8. The van der Waals surface area contributed by atoms with Gasteiger partial charge in [-0.3, -0.25) is 9.00 Å². The van der Waals surface area contributed by atoms with Crippen molar-refractivity contribution in [2.75, 3.05) is 30.4 Å². The highest BCUT2D eigenvalue weighted by Gasteiger charge is 2.35. The number of nitrogens with zero attached hydrogens (tertiary/aromatic N) is 1. The number of hydrogen-bond donors (Lipinski definition) is 1. The molecule has 1 heterocycles. The van der Waals surface area contributed by atoms with E-state index in [4.69, 9.17) is 16.7 Å². The first-order chi connectivity index (χ1) is 10.7. The quantitative estimate of drug-likeness (QED) is 0.837. The van der Waals surface area contributed by atoms with E-state index in [1.165, 1.54) is 12.1 Å². The molecule has 4 nitrogen and oxygen atoms in total. The lowest BCUT2D eigenvalue weighted by molar-refractivity contribution is -0.134. The van der Waals surface area contributed by atoms with Gasteiger partial charge in [-0.25, -0.2) is 4.39 Å². The van der Waals surface area contributed by atoms with Crippen LogP contribution in [0, 0.1) is 0 Å². The van der Waals surface area contributed by atoms with E-state index in [1.807, 2.05) is 0 Å². The number of anilines is 1. The van der Waals surface area contributed by atoms with Crippen molar-refractivity contribution in [2.45, 2.75) is 17.6 Å². The van der Waals surface area contributed by atoms with Crippen LogP contribution in [0.5, 0.6) is 0 Å². The first-order valence-electron chi connectivity index (χ1n) is 6.82. The second kappa shape index (κ2) is 7.09. The van der Waals surface area contributed by atoms with Gasteiger partial charge in [-0.05, 0) is 24.6 Å². The average molecular weight is 370 g/mol. The van der Waals surface area contributed by atoms with Crippen LogP contribution in [0.25, 0.3) is 0 Å². The molecule has 2 atom stereocenters. The molecule has 0 aliphatic carbocycles. The fourth-order valence-electron chi connectivity index (χ4n) is 2.48. The molecule has 0 radical (unpaired) electrons. The number of alkyl halides is 3. The van der Waals surface area contributed by atoms with Gasteiger partial charge in [-0.1, -0.05) is 11.6 Å². The molecule has 1 aliphatic rings. The summed E-state index contributed by atoms with van der Waals surface area (Å²) < 4.78 is 51.5. The van der Waals surface area contributed by atoms with Gasteiger partial charge in [-0.2, -0.15) is 8.78 Å². The Hall–Kier alpha value is -1.28. The van der Waals surface area contributed by atoms with Crippen molar-refractivity contribution >= 4 is 34.1 Å². The lowest BCUT2D eigenvalue weighted by Crippen LogP contribution is -2.27. The van der Waals surface area contributed by atoms with Crippen LogP contribution in [0.2, 0.25) is 5.02 Å². The summed E-state index contributed by atoms with van der Waals surface area (Å²) in [6.45, 7) is -1.10. The minimum absolute atomic E-state index is 0.221. The summed E-state index contributed by atoms with van der Waals surface area (Å²) in [6, 6.07) is 3.93. The molecule has 1 N–H and O–H groups in total. The van der Waals surface area contributed by atoms with Gasteiger partial charge in [0.1, 0.15) is 5.75 Å². The first-order valence-corrected chi connectivity index (χ1v) is 8.58. The molecule has 1 aliphatic heterocycles. The highest BCUT2D eigenvalue weighted by atomic mass is 35.5. The summed E-state index contributed by atoms with van der Waals surface area (Å²) in [7, 11) is -1.52. The summed E-state index contributed by atoms with van der Waals surface area (Å²) in [5.74, 6) is -5.25. The van der Waals surface area contributed by atoms with Crippen LogP contribution in [-0.2, 0) is 21.5 Å². The molecule has 1 aromatic carbocycles. The van der Waals surface area contributed by atoms with Gasteiger partial charge in [0.25, 0.3) is 0 Å². The number of hydrogen-bond acceptors (Lipinski definition) is 3. The molecule has 0 spiro atoms. The number of carbonyl (C=O) groups is 1. The first kappa shape index (κ1) is 18.1. The third-order valence-electron chi connectivity index (χ3n) is 3.66. The van der Waals surface area contributed by atoms with Crippen LogP contribution in [0.4, 0.5) is 18.9 Å². The number of rotatable bonds is 6. The third kappa shape index (κ3) is 4.17. The zero-order valence-electron chi connectivity index (χ0n) is 12.0. The Morgan fingerprint density at radius 2 is 2.17 bits per heavy atom. The average Bonchev–Trinajstić information content (AvgIpc) is 2.96. The van der Waals surface area contributed by atoms with Gasteiger partial charge < -0.3 is 10.0 Å². The van der Waals surface area contributed by atoms with Crippen molar-refractivity contribution in [1.29, 1.82) is 0 Å². The predicted octanol–water partition coefficient (Wildman–Crippen LogP) is 2.81. The Morgan fingerprint density at radius 1 is 1.48 bits per heavy atom. The molecule has 0 amide bonds. The molecule has 23 heavy (non-hydrogen) atoms. The summed E-state index contributed by atoms with van der Waals surface area (Å²) >= 11 is 5.72. The van der Waals surface area contributed by atoms with Crippen molar-refractivity contribution < 1.29 is 27.3 Å². The Kier molecular flexibility index (Phi) is 5.57. The third-order valence-corrected chi connectivity index (χ3v) is 5.65. The number of carboxylic acid groups (broad SMARTS) is 1. The molecular weight excluding hydrogens is 355 g/mol. The van der Waals surface area contributed by atoms with Gasteiger partial charge in [-0.15, -0.1) is 0 Å². The maximum atomic E-state index is 13.6. The van der Waals surface area contributed by atoms with Gasteiger partial charge in [0.2, 0.25) is 0 Å². The highest BCUT2D eigenvalue weighted by molar-refractivity contribution is 7.86. The van der Waals surface area contributed by atoms with Crippen molar-refractivity contribution in [3.63, 3.8) is 0 Å². The van der Waals surface area contributed by atoms with E-state index in [1.54, 1.807) is 4.90 Å². The van der Waals surface area contributed by atoms with Crippen LogP contribution < -0.4 is 4.90 Å². The van der Waals surface area contributed by atoms with E-state index >= 15 is 0 Å². The van der Waals surface area contributed by atoms with Crippen LogP contribution in [0.1, 0.15) is 12.0 Å². The number of aliphatic carboxylic acids is 1. The summed E-state index contributed by atoms with van der Waals surface area (Å²) in [4.78, 5) is 12.3. The zero-order valence-corrected chi connectivity index (χ0v) is 13.5. The molecular formula is C14H15ClF3NO3S. The fourth-order valence-corrected chi connectivity index (χ4v) is 3.93. The van der Waals surface area contributed by atoms with Crippen LogP contribution in [0.15, 0.2) is 18.2 Å². The Balaban J connectivity index is 2.16. The zero-order chi connectivity index (χ0) is 17.2. The highest BCUT2D eigenvalue weighted by Crippen LogP contribution is 2.37. The van der Waals surface area contributed by atoms with Gasteiger partial charge in [0, 0.05) is 40.2 Å². The molecule has 9 heteroatoms. The van der Waals surface area contributed by atoms with Gasteiger partial charge in [0.05, 0.1) is 5.25 Å². The van der Waals surface area contributed by atoms with Crippen molar-refractivity contribution in [3.05, 3.63) is 28.8 Å². The van der Waals surface area contributed by atoms with Gasteiger partial charge in [0.15, 0.2) is 6.67 Å². The molecule has 0 aromatic heterocycles. The van der Waals surface area contributed by atoms with E-state index in [0.29, 0.717) is 25.2 Å². The summed E-state index contributed by atoms with van der Waals surface area (Å²) in [5, 5.41) is 8.11. The minimum atomic E-state index is -3.67. The smallest absolute Gasteiger partial charge is 0.316 e. The molecule has 1 saturated heterocycles. The summed E-state index contributed by atoms with van der Waals surface area (Å²) in [5.41, 5.74) is -0.165. The van der Waals surface area contributed by atoms with E-state index in [9.17, 15) is 22.2 Å². The number of carboxylic acids is 1. The summed E-state index contributed by atoms with van der Waals surface area (Å²) in [6.07, 6.45) is 0.497. The Morgan fingerprint density at radius 3 is 2.78 bits per heavy atom. The Bertz CT molecular complexity index is 629. The lowest BCUT2D eigenvalue weighted by Gasteiger charge is -2.22.